The summed E-state index contributed by atoms with van der Waals surface area (Å²) in [5, 5.41) is 4.60. The van der Waals surface area contributed by atoms with Crippen molar-refractivity contribution in [1.82, 2.24) is 19.8 Å². The number of carbonyl (C=O) groups is 3. The molecule has 0 unspecified atom stereocenters. The van der Waals surface area contributed by atoms with Crippen LogP contribution in [0.25, 0.3) is 33.3 Å². The molecule has 3 amide bonds. The number of likely N-dealkylation sites (tertiary alicyclic amines) is 1. The summed E-state index contributed by atoms with van der Waals surface area (Å²) in [5.41, 5.74) is 9.35. The molecular formula is C39H39ClF4N6O5. The molecule has 4 N–H and O–H groups in total. The monoisotopic (exact) mass is 782 g/mol. The Morgan fingerprint density at radius 2 is 1.73 bits per heavy atom. The molecule has 0 aliphatic carbocycles. The van der Waals surface area contributed by atoms with Crippen LogP contribution in [0, 0.1) is 11.8 Å². The van der Waals surface area contributed by atoms with Crippen LogP contribution in [0.15, 0.2) is 61.1 Å². The Labute approximate surface area is 319 Å². The molecule has 0 radical (unpaired) electrons. The first-order valence-electron chi connectivity index (χ1n) is 17.1. The van der Waals surface area contributed by atoms with Crippen molar-refractivity contribution < 1.29 is 41.4 Å². The van der Waals surface area contributed by atoms with Gasteiger partial charge in [0.15, 0.2) is 5.83 Å². The van der Waals surface area contributed by atoms with Crippen LogP contribution in [-0.4, -0.2) is 76.5 Å². The number of amides is 3. The van der Waals surface area contributed by atoms with Crippen LogP contribution in [0.2, 0.25) is 5.02 Å². The molecule has 55 heavy (non-hydrogen) atoms. The van der Waals surface area contributed by atoms with Gasteiger partial charge in [0.25, 0.3) is 11.8 Å². The van der Waals surface area contributed by atoms with Gasteiger partial charge in [-0.05, 0) is 69.0 Å². The van der Waals surface area contributed by atoms with Gasteiger partial charge in [-0.3, -0.25) is 9.59 Å². The highest BCUT2D eigenvalue weighted by molar-refractivity contribution is 6.34. The number of piperidine rings is 1. The molecule has 0 spiro atoms. The van der Waals surface area contributed by atoms with Gasteiger partial charge in [-0.2, -0.15) is 13.2 Å². The van der Waals surface area contributed by atoms with Crippen molar-refractivity contribution in [2.75, 3.05) is 37.3 Å². The number of alkyl halides is 3. The minimum atomic E-state index is -4.61. The third kappa shape index (κ3) is 9.94. The van der Waals surface area contributed by atoms with Crippen molar-refractivity contribution in [3.63, 3.8) is 0 Å². The van der Waals surface area contributed by atoms with E-state index in [2.05, 4.69) is 28.7 Å². The Bertz CT molecular complexity index is 2190. The van der Waals surface area contributed by atoms with Gasteiger partial charge in [0.05, 0.1) is 38.9 Å². The Balaban J connectivity index is 1.49. The molecule has 11 nitrogen and oxygen atoms in total. The zero-order chi connectivity index (χ0) is 40.2. The van der Waals surface area contributed by atoms with Crippen LogP contribution in [0.1, 0.15) is 49.5 Å². The van der Waals surface area contributed by atoms with Crippen LogP contribution >= 0.6 is 11.6 Å². The topological polar surface area (TPSA) is 141 Å². The number of nitrogens with zero attached hydrogens (tertiary/aromatic N) is 3. The van der Waals surface area contributed by atoms with Gasteiger partial charge in [-0.25, -0.2) is 14.2 Å². The minimum Gasteiger partial charge on any atom is -0.444 e. The molecule has 1 fully saturated rings. The summed E-state index contributed by atoms with van der Waals surface area (Å²) in [5.74, 6) is 3.17. The van der Waals surface area contributed by atoms with Gasteiger partial charge in [0.1, 0.15) is 24.6 Å². The van der Waals surface area contributed by atoms with Crippen LogP contribution in [-0.2, 0) is 21.3 Å². The minimum absolute atomic E-state index is 0.0963. The van der Waals surface area contributed by atoms with Gasteiger partial charge < -0.3 is 35.3 Å². The summed E-state index contributed by atoms with van der Waals surface area (Å²) in [6, 6.07) is 10.8. The lowest BCUT2D eigenvalue weighted by Crippen LogP contribution is -2.43. The highest BCUT2D eigenvalue weighted by Crippen LogP contribution is 2.44. The summed E-state index contributed by atoms with van der Waals surface area (Å²) < 4.78 is 65.1. The number of ether oxygens (including phenoxy) is 2. The molecule has 16 heteroatoms. The Hall–Kier alpha value is -5.59. The molecule has 0 bridgehead atoms. The first kappa shape index (κ1) is 40.6. The number of fused-ring (bicyclic) bond motifs is 1. The molecule has 290 valence electrons. The van der Waals surface area contributed by atoms with E-state index in [1.807, 2.05) is 30.7 Å². The Morgan fingerprint density at radius 3 is 2.33 bits per heavy atom. The van der Waals surface area contributed by atoms with E-state index in [4.69, 9.17) is 26.8 Å². The second-order valence-corrected chi connectivity index (χ2v) is 14.2. The lowest BCUT2D eigenvalue weighted by atomic mass is 9.96. The largest absolute Gasteiger partial charge is 0.444 e. The first-order valence-corrected chi connectivity index (χ1v) is 17.5. The fourth-order valence-corrected chi connectivity index (χ4v) is 6.35. The molecule has 3 heterocycles. The molecule has 2 aromatic heterocycles. The molecule has 0 atom stereocenters. The smallest absolute Gasteiger partial charge is 0.410 e. The summed E-state index contributed by atoms with van der Waals surface area (Å²) >= 11 is 6.51. The van der Waals surface area contributed by atoms with Crippen molar-refractivity contribution in [3.8, 4) is 34.2 Å². The molecule has 1 saturated heterocycles. The van der Waals surface area contributed by atoms with Crippen molar-refractivity contribution >= 4 is 51.9 Å². The summed E-state index contributed by atoms with van der Waals surface area (Å²) in [4.78, 5) is 43.0. The van der Waals surface area contributed by atoms with E-state index in [1.165, 1.54) is 24.4 Å². The Morgan fingerprint density at radius 1 is 1.07 bits per heavy atom. The SMILES string of the molecule is C=C(F)C(=O)Nc1ccc(-c2c(-c3ccc(C(=O)NCC(F)(F)F)c(Cl)c3)c3c(N)ncc(C#CCOC4CCN(C(=O)OC(C)(C)C)CC4)c3n2C)cc1. The van der Waals surface area contributed by atoms with Gasteiger partial charge in [-0.15, -0.1) is 0 Å². The fraction of sp³-hybridized carbons (Fsp3) is 0.333. The number of halogens is 5. The zero-order valence-electron chi connectivity index (χ0n) is 30.5. The second-order valence-electron chi connectivity index (χ2n) is 13.8. The molecule has 1 aliphatic heterocycles. The van der Waals surface area contributed by atoms with Gasteiger partial charge in [0.2, 0.25) is 0 Å². The van der Waals surface area contributed by atoms with E-state index in [1.54, 1.807) is 36.2 Å². The maximum Gasteiger partial charge on any atom is 0.410 e. The lowest BCUT2D eigenvalue weighted by Gasteiger charge is -2.33. The third-order valence-corrected chi connectivity index (χ3v) is 8.87. The number of aryl methyl sites for hydroxylation is 1. The number of carbonyl (C=O) groups excluding carboxylic acids is 3. The van der Waals surface area contributed by atoms with E-state index in [-0.39, 0.29) is 35.2 Å². The van der Waals surface area contributed by atoms with E-state index in [0.29, 0.717) is 70.5 Å². The highest BCUT2D eigenvalue weighted by Gasteiger charge is 2.30. The number of nitrogens with one attached hydrogen (secondary N) is 2. The highest BCUT2D eigenvalue weighted by atomic mass is 35.5. The van der Waals surface area contributed by atoms with Gasteiger partial charge in [0, 0.05) is 37.6 Å². The zero-order valence-corrected chi connectivity index (χ0v) is 31.3. The lowest BCUT2D eigenvalue weighted by molar-refractivity contribution is -0.123. The first-order chi connectivity index (χ1) is 25.8. The summed E-state index contributed by atoms with van der Waals surface area (Å²) in [7, 11) is 1.78. The molecule has 0 saturated carbocycles. The number of pyridine rings is 1. The summed E-state index contributed by atoms with van der Waals surface area (Å²) in [6.07, 6.45) is -2.31. The molecule has 1 aliphatic rings. The number of nitrogens with two attached hydrogens (primary N) is 1. The molecule has 5 rings (SSSR count). The number of benzene rings is 2. The van der Waals surface area contributed by atoms with Crippen molar-refractivity contribution in [2.45, 2.75) is 51.5 Å². The number of nitrogen functional groups attached to an aromatic ring is 1. The van der Waals surface area contributed by atoms with E-state index in [0.717, 1.165) is 0 Å². The maximum absolute atomic E-state index is 13.4. The number of hydrogen-bond donors (Lipinski definition) is 3. The van der Waals surface area contributed by atoms with Gasteiger partial charge in [-0.1, -0.05) is 48.2 Å². The number of hydrogen-bond acceptors (Lipinski definition) is 7. The standard InChI is InChI=1S/C39H39ClF4N6O5/c1-22(41)35(51)48-26-11-8-23(9-12-26)32-30(24-10-13-28(29(40)19-24)36(52)47-21-39(42,43)44)31-33(49(32)5)25(20-46-34(31)45)7-6-18-54-27-14-16-50(17-15-27)37(53)55-38(2,3)4/h8-13,19-20,27H,1,14-18,21H2,2-5H3,(H2,45,46)(H,47,52)(H,48,51). The van der Waals surface area contributed by atoms with Crippen molar-refractivity contribution in [1.29, 1.82) is 0 Å². The van der Waals surface area contributed by atoms with Crippen molar-refractivity contribution in [2.24, 2.45) is 7.05 Å². The predicted molar refractivity (Wildman–Crippen MR) is 202 cm³/mol. The predicted octanol–water partition coefficient (Wildman–Crippen LogP) is 7.62. The van der Waals surface area contributed by atoms with Crippen LogP contribution in [0.5, 0.6) is 0 Å². The molecular weight excluding hydrogens is 744 g/mol. The van der Waals surface area contributed by atoms with Gasteiger partial charge >= 0.3 is 12.3 Å². The number of rotatable bonds is 8. The maximum atomic E-state index is 13.4. The second kappa shape index (κ2) is 16.4. The third-order valence-electron chi connectivity index (χ3n) is 8.56. The number of aromatic nitrogens is 2. The van der Waals surface area contributed by atoms with E-state index < -0.39 is 36.0 Å². The quantitative estimate of drug-likeness (QED) is 0.0949. The fourth-order valence-electron chi connectivity index (χ4n) is 6.08. The molecule has 4 aromatic rings. The van der Waals surface area contributed by atoms with E-state index >= 15 is 0 Å². The normalized spacial score (nSPS) is 13.6. The number of anilines is 2. The van der Waals surface area contributed by atoms with Crippen LogP contribution in [0.4, 0.5) is 33.9 Å². The van der Waals surface area contributed by atoms with Crippen molar-refractivity contribution in [3.05, 3.63) is 77.2 Å². The van der Waals surface area contributed by atoms with Crippen LogP contribution < -0.4 is 16.4 Å². The van der Waals surface area contributed by atoms with E-state index in [9.17, 15) is 31.9 Å². The van der Waals surface area contributed by atoms with Crippen LogP contribution in [0.3, 0.4) is 0 Å². The Kier molecular flexibility index (Phi) is 12.1. The summed E-state index contributed by atoms with van der Waals surface area (Å²) in [6.45, 7) is 8.01. The average Bonchev–Trinajstić information content (AvgIpc) is 3.43. The average molecular weight is 783 g/mol. The molecule has 2 aromatic carbocycles.